The Bertz CT molecular complexity index is 1100. The fourth-order valence-corrected chi connectivity index (χ4v) is 2.99. The molecule has 0 unspecified atom stereocenters. The van der Waals surface area contributed by atoms with Gasteiger partial charge >= 0.3 is 6.18 Å². The predicted octanol–water partition coefficient (Wildman–Crippen LogP) is 2.82. The summed E-state index contributed by atoms with van der Waals surface area (Å²) < 4.78 is 42.1. The number of benzene rings is 1. The van der Waals surface area contributed by atoms with Gasteiger partial charge in [-0.1, -0.05) is 12.1 Å². The average molecular weight is 390 g/mol. The second kappa shape index (κ2) is 6.99. The number of pyridine rings is 1. The molecule has 0 atom stereocenters. The minimum absolute atomic E-state index is 0.355. The molecule has 0 aliphatic heterocycles. The first-order chi connectivity index (χ1) is 13.1. The lowest BCUT2D eigenvalue weighted by Crippen LogP contribution is -2.34. The van der Waals surface area contributed by atoms with E-state index in [0.29, 0.717) is 16.2 Å². The molecule has 0 spiro atoms. The summed E-state index contributed by atoms with van der Waals surface area (Å²) in [5.74, 6) is -1.08. The number of carbonyl (C=O) groups is 1. The van der Waals surface area contributed by atoms with Crippen molar-refractivity contribution < 1.29 is 18.0 Å². The van der Waals surface area contributed by atoms with Crippen LogP contribution < -0.4 is 11.3 Å². The van der Waals surface area contributed by atoms with Crippen molar-refractivity contribution in [2.45, 2.75) is 26.6 Å². The van der Waals surface area contributed by atoms with Crippen LogP contribution in [0.15, 0.2) is 47.3 Å². The van der Waals surface area contributed by atoms with Crippen LogP contribution in [0, 0.1) is 13.8 Å². The van der Waals surface area contributed by atoms with Gasteiger partial charge in [-0.25, -0.2) is 4.68 Å². The summed E-state index contributed by atoms with van der Waals surface area (Å²) in [6, 6.07) is 10.0. The average Bonchev–Trinajstić information content (AvgIpc) is 2.94. The number of hydrogen-bond donors (Lipinski definition) is 1. The third kappa shape index (κ3) is 3.68. The van der Waals surface area contributed by atoms with Crippen LogP contribution in [0.4, 0.5) is 13.2 Å². The number of rotatable bonds is 4. The van der Waals surface area contributed by atoms with Crippen LogP contribution >= 0.6 is 0 Å². The highest BCUT2D eigenvalue weighted by atomic mass is 19.4. The molecule has 3 aromatic rings. The lowest BCUT2D eigenvalue weighted by atomic mass is 10.1. The number of nitrogens with two attached hydrogens (primary N) is 1. The molecule has 0 radical (unpaired) electrons. The smallest absolute Gasteiger partial charge is 0.365 e. The topological polar surface area (TPSA) is 82.9 Å². The van der Waals surface area contributed by atoms with Crippen molar-refractivity contribution in [3.05, 3.63) is 81.0 Å². The summed E-state index contributed by atoms with van der Waals surface area (Å²) in [5, 5.41) is 4.35. The Morgan fingerprint density at radius 1 is 1.11 bits per heavy atom. The molecule has 2 heterocycles. The molecule has 28 heavy (non-hydrogen) atoms. The van der Waals surface area contributed by atoms with Gasteiger partial charge in [0.15, 0.2) is 0 Å². The first kappa shape index (κ1) is 19.4. The summed E-state index contributed by atoms with van der Waals surface area (Å²) in [4.78, 5) is 23.7. The molecule has 6 nitrogen and oxygen atoms in total. The van der Waals surface area contributed by atoms with E-state index in [1.165, 1.54) is 0 Å². The minimum atomic E-state index is -4.75. The van der Waals surface area contributed by atoms with E-state index >= 15 is 0 Å². The maximum Gasteiger partial charge on any atom is 0.431 e. The number of alkyl halides is 3. The molecule has 3 rings (SSSR count). The monoisotopic (exact) mass is 390 g/mol. The van der Waals surface area contributed by atoms with E-state index in [-0.39, 0.29) is 6.54 Å². The Kier molecular flexibility index (Phi) is 4.84. The van der Waals surface area contributed by atoms with Crippen LogP contribution in [0.5, 0.6) is 0 Å². The van der Waals surface area contributed by atoms with Crippen molar-refractivity contribution in [3.63, 3.8) is 0 Å². The molecule has 0 saturated heterocycles. The zero-order valence-corrected chi connectivity index (χ0v) is 15.1. The highest BCUT2D eigenvalue weighted by molar-refractivity contribution is 5.92. The van der Waals surface area contributed by atoms with Gasteiger partial charge in [-0.05, 0) is 49.7 Å². The van der Waals surface area contributed by atoms with Gasteiger partial charge in [0, 0.05) is 5.69 Å². The number of aromatic nitrogens is 3. The lowest BCUT2D eigenvalue weighted by molar-refractivity contribution is -0.144. The number of amides is 1. The molecule has 1 amide bonds. The van der Waals surface area contributed by atoms with E-state index in [1.807, 2.05) is 19.9 Å². The highest BCUT2D eigenvalue weighted by Crippen LogP contribution is 2.29. The van der Waals surface area contributed by atoms with Gasteiger partial charge in [0.1, 0.15) is 11.3 Å². The van der Waals surface area contributed by atoms with Crippen LogP contribution in [0.25, 0.3) is 5.69 Å². The SMILES string of the molecule is Cc1cc(C)n(-c2ccc(Cn3c(C(F)(F)F)ccc(C(N)=O)c3=O)cc2)n1. The molecule has 0 aliphatic rings. The van der Waals surface area contributed by atoms with Crippen LogP contribution in [-0.4, -0.2) is 20.3 Å². The van der Waals surface area contributed by atoms with Crippen molar-refractivity contribution >= 4 is 5.91 Å². The molecule has 0 aliphatic carbocycles. The Morgan fingerprint density at radius 3 is 2.25 bits per heavy atom. The van der Waals surface area contributed by atoms with Crippen molar-refractivity contribution in [2.75, 3.05) is 0 Å². The van der Waals surface area contributed by atoms with Crippen molar-refractivity contribution in [3.8, 4) is 5.69 Å². The van der Waals surface area contributed by atoms with Gasteiger partial charge < -0.3 is 5.73 Å². The standard InChI is InChI=1S/C19H17F3N4O2/c1-11-9-12(2)26(24-11)14-5-3-13(4-6-14)10-25-16(19(20,21)22)8-7-15(17(23)27)18(25)28/h3-9H,10H2,1-2H3,(H2,23,27). The Morgan fingerprint density at radius 2 is 1.75 bits per heavy atom. The Labute approximate surface area is 158 Å². The van der Waals surface area contributed by atoms with Gasteiger partial charge in [0.25, 0.3) is 11.5 Å². The zero-order valence-electron chi connectivity index (χ0n) is 15.1. The number of primary amides is 1. The molecular weight excluding hydrogens is 373 g/mol. The fraction of sp³-hybridized carbons (Fsp3) is 0.211. The molecule has 0 bridgehead atoms. The Balaban J connectivity index is 2.01. The van der Waals surface area contributed by atoms with Crippen molar-refractivity contribution in [1.82, 2.24) is 14.3 Å². The molecule has 9 heteroatoms. The van der Waals surface area contributed by atoms with Crippen LogP contribution in [0.3, 0.4) is 0 Å². The van der Waals surface area contributed by atoms with Gasteiger partial charge in [-0.3, -0.25) is 14.2 Å². The lowest BCUT2D eigenvalue weighted by Gasteiger charge is -2.16. The second-order valence-corrected chi connectivity index (χ2v) is 6.39. The largest absolute Gasteiger partial charge is 0.431 e. The molecule has 0 saturated carbocycles. The van der Waals surface area contributed by atoms with Crippen LogP contribution in [0.1, 0.15) is 33.0 Å². The molecule has 2 N–H and O–H groups in total. The fourth-order valence-electron chi connectivity index (χ4n) is 2.99. The summed E-state index contributed by atoms with van der Waals surface area (Å²) in [5.41, 5.74) is 5.32. The number of hydrogen-bond acceptors (Lipinski definition) is 3. The molecular formula is C19H17F3N4O2. The first-order valence-electron chi connectivity index (χ1n) is 8.31. The number of halogens is 3. The molecule has 0 fully saturated rings. The number of nitrogens with zero attached hydrogens (tertiary/aromatic N) is 3. The molecule has 146 valence electrons. The van der Waals surface area contributed by atoms with E-state index in [9.17, 15) is 22.8 Å². The predicted molar refractivity (Wildman–Crippen MR) is 96.4 cm³/mol. The van der Waals surface area contributed by atoms with Gasteiger partial charge in [-0.2, -0.15) is 18.3 Å². The number of aryl methyl sites for hydroxylation is 2. The maximum absolute atomic E-state index is 13.3. The van der Waals surface area contributed by atoms with E-state index in [0.717, 1.165) is 23.1 Å². The maximum atomic E-state index is 13.3. The third-order valence-electron chi connectivity index (χ3n) is 4.26. The van der Waals surface area contributed by atoms with Crippen LogP contribution in [0.2, 0.25) is 0 Å². The molecule has 1 aromatic carbocycles. The first-order valence-corrected chi connectivity index (χ1v) is 8.31. The van der Waals surface area contributed by atoms with Crippen molar-refractivity contribution in [2.24, 2.45) is 5.73 Å². The van der Waals surface area contributed by atoms with Gasteiger partial charge in [0.2, 0.25) is 0 Å². The summed E-state index contributed by atoms with van der Waals surface area (Å²) in [6.45, 7) is 3.39. The zero-order chi connectivity index (χ0) is 20.6. The Hall–Kier alpha value is -3.36. The summed E-state index contributed by atoms with van der Waals surface area (Å²) in [7, 11) is 0. The van der Waals surface area contributed by atoms with E-state index in [2.05, 4.69) is 5.10 Å². The quantitative estimate of drug-likeness (QED) is 0.744. The third-order valence-corrected chi connectivity index (χ3v) is 4.26. The van der Waals surface area contributed by atoms with Crippen LogP contribution in [-0.2, 0) is 12.7 Å². The van der Waals surface area contributed by atoms with E-state index in [1.54, 1.807) is 28.9 Å². The molecule has 2 aromatic heterocycles. The second-order valence-electron chi connectivity index (χ2n) is 6.39. The normalized spacial score (nSPS) is 11.6. The summed E-state index contributed by atoms with van der Waals surface area (Å²) in [6.07, 6.45) is -4.75. The van der Waals surface area contributed by atoms with Gasteiger partial charge in [0.05, 0.1) is 17.9 Å². The highest BCUT2D eigenvalue weighted by Gasteiger charge is 2.35. The summed E-state index contributed by atoms with van der Waals surface area (Å²) >= 11 is 0. The number of carbonyl (C=O) groups excluding carboxylic acids is 1. The van der Waals surface area contributed by atoms with E-state index in [4.69, 9.17) is 5.73 Å². The van der Waals surface area contributed by atoms with Gasteiger partial charge in [-0.15, -0.1) is 0 Å². The van der Waals surface area contributed by atoms with E-state index < -0.39 is 28.9 Å². The minimum Gasteiger partial charge on any atom is -0.365 e. The van der Waals surface area contributed by atoms with Crippen molar-refractivity contribution in [1.29, 1.82) is 0 Å².